The molecule has 0 N–H and O–H groups in total. The van der Waals surface area contributed by atoms with Gasteiger partial charge in [-0.1, -0.05) is 24.3 Å². The zero-order valence-corrected chi connectivity index (χ0v) is 15.8. The summed E-state index contributed by atoms with van der Waals surface area (Å²) in [5, 5.41) is 0. The van der Waals surface area contributed by atoms with Crippen LogP contribution >= 0.6 is 11.3 Å². The maximum atomic E-state index is 12.5. The van der Waals surface area contributed by atoms with Crippen LogP contribution in [0.5, 0.6) is 0 Å². The number of carbonyl (C=O) groups is 2. The Bertz CT molecular complexity index is 842. The van der Waals surface area contributed by atoms with Crippen molar-refractivity contribution in [2.75, 3.05) is 13.2 Å². The monoisotopic (exact) mass is 369 g/mol. The molecule has 1 atom stereocenters. The van der Waals surface area contributed by atoms with E-state index in [9.17, 15) is 9.59 Å². The minimum Gasteiger partial charge on any atom is -0.451 e. The lowest BCUT2D eigenvalue weighted by Gasteiger charge is -2.33. The van der Waals surface area contributed by atoms with Crippen molar-refractivity contribution in [3.63, 3.8) is 0 Å². The van der Waals surface area contributed by atoms with Gasteiger partial charge in [-0.2, -0.15) is 0 Å². The predicted molar refractivity (Wildman–Crippen MR) is 102 cm³/mol. The van der Waals surface area contributed by atoms with Crippen LogP contribution in [-0.2, 0) is 22.4 Å². The van der Waals surface area contributed by atoms with Crippen LogP contribution in [0.3, 0.4) is 0 Å². The summed E-state index contributed by atoms with van der Waals surface area (Å²) in [5.41, 5.74) is 3.75. The van der Waals surface area contributed by atoms with Gasteiger partial charge in [0.25, 0.3) is 5.91 Å². The molecule has 0 spiro atoms. The van der Waals surface area contributed by atoms with Crippen LogP contribution in [-0.4, -0.2) is 36.0 Å². The lowest BCUT2D eigenvalue weighted by atomic mass is 9.91. The number of benzene rings is 1. The number of fused-ring (bicyclic) bond motifs is 3. The molecule has 1 aliphatic carbocycles. The van der Waals surface area contributed by atoms with E-state index >= 15 is 0 Å². The lowest BCUT2D eigenvalue weighted by molar-refractivity contribution is -0.137. The topological polar surface area (TPSA) is 46.6 Å². The Hall–Kier alpha value is -2.14. The fourth-order valence-electron chi connectivity index (χ4n) is 3.92. The van der Waals surface area contributed by atoms with Gasteiger partial charge in [0, 0.05) is 17.5 Å². The molecule has 2 aromatic rings. The average molecular weight is 369 g/mol. The number of thiophene rings is 1. The molecule has 2 aliphatic rings. The number of esters is 1. The number of aryl methyl sites for hydroxylation is 2. The quantitative estimate of drug-likeness (QED) is 0.766. The third-order valence-electron chi connectivity index (χ3n) is 5.39. The van der Waals surface area contributed by atoms with Gasteiger partial charge in [0.2, 0.25) is 0 Å². The van der Waals surface area contributed by atoms with Gasteiger partial charge in [-0.3, -0.25) is 4.79 Å². The van der Waals surface area contributed by atoms with Gasteiger partial charge < -0.3 is 9.64 Å². The number of ether oxygens (including phenoxy) is 1. The van der Waals surface area contributed by atoms with Gasteiger partial charge in [0.05, 0.1) is 0 Å². The van der Waals surface area contributed by atoms with E-state index in [-0.39, 0.29) is 24.5 Å². The molecule has 0 saturated carbocycles. The van der Waals surface area contributed by atoms with E-state index < -0.39 is 0 Å². The second-order valence-corrected chi connectivity index (χ2v) is 8.18. The maximum absolute atomic E-state index is 12.5. The van der Waals surface area contributed by atoms with Crippen LogP contribution < -0.4 is 0 Å². The van der Waals surface area contributed by atoms with Gasteiger partial charge in [0.1, 0.15) is 4.88 Å². The summed E-state index contributed by atoms with van der Waals surface area (Å²) in [6.07, 6.45) is 5.16. The second kappa shape index (κ2) is 7.23. The van der Waals surface area contributed by atoms with E-state index in [4.69, 9.17) is 4.74 Å². The number of hydrogen-bond donors (Lipinski definition) is 0. The molecular weight excluding hydrogens is 346 g/mol. The molecule has 136 valence electrons. The molecule has 1 aliphatic heterocycles. The molecule has 5 heteroatoms. The largest absolute Gasteiger partial charge is 0.451 e. The number of hydrogen-bond acceptors (Lipinski definition) is 4. The Balaban J connectivity index is 1.44. The molecular formula is C21H23NO3S. The summed E-state index contributed by atoms with van der Waals surface area (Å²) in [6.45, 7) is 2.66. The van der Waals surface area contributed by atoms with E-state index in [1.165, 1.54) is 28.0 Å². The minimum absolute atomic E-state index is 0.0859. The van der Waals surface area contributed by atoms with E-state index in [2.05, 4.69) is 25.1 Å². The van der Waals surface area contributed by atoms with Crippen LogP contribution in [0.2, 0.25) is 0 Å². The molecule has 1 aromatic heterocycles. The van der Waals surface area contributed by atoms with Crippen molar-refractivity contribution in [3.05, 3.63) is 46.3 Å². The standard InChI is InChI=1S/C21H23NO3S/c1-14-6-4-5-11-22(14)19(23)13-25-21(24)18-12-16-10-9-15-7-2-3-8-17(15)20(16)26-18/h2-3,7-8,12,14H,4-6,9-11,13H2,1H3/t14-/m0/s1. The highest BCUT2D eigenvalue weighted by Gasteiger charge is 2.25. The molecule has 0 bridgehead atoms. The first kappa shape index (κ1) is 17.3. The van der Waals surface area contributed by atoms with E-state index in [0.717, 1.165) is 43.5 Å². The summed E-state index contributed by atoms with van der Waals surface area (Å²) in [6, 6.07) is 10.5. The first-order valence-electron chi connectivity index (χ1n) is 9.31. The van der Waals surface area contributed by atoms with Crippen molar-refractivity contribution in [1.29, 1.82) is 0 Å². The molecule has 1 aromatic carbocycles. The summed E-state index contributed by atoms with van der Waals surface area (Å²) in [5.74, 6) is -0.475. The van der Waals surface area contributed by atoms with E-state index in [0.29, 0.717) is 4.88 Å². The number of amides is 1. The molecule has 26 heavy (non-hydrogen) atoms. The smallest absolute Gasteiger partial charge is 0.348 e. The van der Waals surface area contributed by atoms with E-state index in [1.54, 1.807) is 0 Å². The molecule has 2 heterocycles. The third kappa shape index (κ3) is 3.28. The molecule has 1 amide bonds. The summed E-state index contributed by atoms with van der Waals surface area (Å²) >= 11 is 1.47. The summed E-state index contributed by atoms with van der Waals surface area (Å²) in [4.78, 5) is 28.4. The normalized spacial score (nSPS) is 18.8. The predicted octanol–water partition coefficient (Wildman–Crippen LogP) is 4.07. The van der Waals surface area contributed by atoms with Crippen molar-refractivity contribution in [2.24, 2.45) is 0 Å². The van der Waals surface area contributed by atoms with Crippen LogP contribution in [0.15, 0.2) is 30.3 Å². The van der Waals surface area contributed by atoms with Gasteiger partial charge in [-0.05, 0) is 61.8 Å². The fraction of sp³-hybridized carbons (Fsp3) is 0.429. The van der Waals surface area contributed by atoms with Gasteiger partial charge in [0.15, 0.2) is 6.61 Å². The Morgan fingerprint density at radius 3 is 2.85 bits per heavy atom. The molecule has 1 fully saturated rings. The summed E-state index contributed by atoms with van der Waals surface area (Å²) in [7, 11) is 0. The Morgan fingerprint density at radius 2 is 2.00 bits per heavy atom. The average Bonchev–Trinajstić information content (AvgIpc) is 3.11. The van der Waals surface area contributed by atoms with Crippen molar-refractivity contribution < 1.29 is 14.3 Å². The molecule has 4 nitrogen and oxygen atoms in total. The van der Waals surface area contributed by atoms with E-state index in [1.807, 2.05) is 17.0 Å². The highest BCUT2D eigenvalue weighted by molar-refractivity contribution is 7.17. The Morgan fingerprint density at radius 1 is 1.19 bits per heavy atom. The number of rotatable bonds is 3. The lowest BCUT2D eigenvalue weighted by Crippen LogP contribution is -2.44. The van der Waals surface area contributed by atoms with Crippen LogP contribution in [0.1, 0.15) is 47.0 Å². The zero-order chi connectivity index (χ0) is 18.1. The first-order chi connectivity index (χ1) is 12.6. The number of carbonyl (C=O) groups excluding carboxylic acids is 2. The fourth-order valence-corrected chi connectivity index (χ4v) is 5.09. The number of piperidine rings is 1. The Kier molecular flexibility index (Phi) is 4.81. The van der Waals surface area contributed by atoms with Crippen LogP contribution in [0.25, 0.3) is 10.4 Å². The van der Waals surface area contributed by atoms with Crippen molar-refractivity contribution in [3.8, 4) is 10.4 Å². The number of nitrogens with zero attached hydrogens (tertiary/aromatic N) is 1. The van der Waals surface area contributed by atoms with Crippen molar-refractivity contribution >= 4 is 23.2 Å². The zero-order valence-electron chi connectivity index (χ0n) is 15.0. The maximum Gasteiger partial charge on any atom is 0.348 e. The molecule has 1 saturated heterocycles. The second-order valence-electron chi connectivity index (χ2n) is 7.13. The molecule has 0 radical (unpaired) electrons. The summed E-state index contributed by atoms with van der Waals surface area (Å²) < 4.78 is 5.34. The van der Waals surface area contributed by atoms with Crippen molar-refractivity contribution in [2.45, 2.75) is 45.1 Å². The Labute approximate surface area is 157 Å². The highest BCUT2D eigenvalue weighted by atomic mass is 32.1. The minimum atomic E-state index is -0.389. The first-order valence-corrected chi connectivity index (χ1v) is 10.1. The molecule has 0 unspecified atom stereocenters. The third-order valence-corrected chi connectivity index (χ3v) is 6.58. The van der Waals surface area contributed by atoms with Crippen molar-refractivity contribution in [1.82, 2.24) is 4.90 Å². The number of likely N-dealkylation sites (tertiary alicyclic amines) is 1. The van der Waals surface area contributed by atoms with Crippen LogP contribution in [0, 0.1) is 0 Å². The van der Waals surface area contributed by atoms with Gasteiger partial charge >= 0.3 is 5.97 Å². The SMILES string of the molecule is C[C@H]1CCCCN1C(=O)COC(=O)c1cc2c(s1)-c1ccccc1CC2. The van der Waals surface area contributed by atoms with Crippen LogP contribution in [0.4, 0.5) is 0 Å². The molecule has 4 rings (SSSR count). The van der Waals surface area contributed by atoms with Gasteiger partial charge in [-0.15, -0.1) is 11.3 Å². The highest BCUT2D eigenvalue weighted by Crippen LogP contribution is 2.39. The van der Waals surface area contributed by atoms with Gasteiger partial charge in [-0.25, -0.2) is 4.79 Å².